The van der Waals surface area contributed by atoms with Crippen LogP contribution >= 0.6 is 0 Å². The lowest BCUT2D eigenvalue weighted by Crippen LogP contribution is -2.11. The lowest BCUT2D eigenvalue weighted by molar-refractivity contribution is -0.137. The summed E-state index contributed by atoms with van der Waals surface area (Å²) in [6.07, 6.45) is -4.57. The number of nitrogens with zero attached hydrogens (tertiary/aromatic N) is 1. The normalized spacial score (nSPS) is 12.2. The maximum absolute atomic E-state index is 13.7. The largest absolute Gasteiger partial charge is 0.418 e. The molecule has 0 bridgehead atoms. The summed E-state index contributed by atoms with van der Waals surface area (Å²) in [7, 11) is 0. The van der Waals surface area contributed by atoms with E-state index in [2.05, 4.69) is 0 Å². The Morgan fingerprint density at radius 2 is 1.25 bits per heavy atom. The zero-order valence-electron chi connectivity index (χ0n) is 12.3. The van der Waals surface area contributed by atoms with E-state index in [0.717, 1.165) is 29.0 Å². The molecular weight excluding hydrogens is 318 g/mol. The summed E-state index contributed by atoms with van der Waals surface area (Å²) in [4.78, 5) is 0. The number of hydrogen-bond donors (Lipinski definition) is 0. The second-order valence-electron chi connectivity index (χ2n) is 5.53. The molecule has 4 rings (SSSR count). The van der Waals surface area contributed by atoms with Gasteiger partial charge in [-0.1, -0.05) is 36.4 Å². The first-order valence-corrected chi connectivity index (χ1v) is 7.32. The molecule has 0 atom stereocenters. The van der Waals surface area contributed by atoms with Gasteiger partial charge < -0.3 is 4.57 Å². The molecule has 5 heteroatoms. The molecule has 3 aromatic carbocycles. The maximum atomic E-state index is 13.7. The van der Waals surface area contributed by atoms with Gasteiger partial charge in [-0.3, -0.25) is 0 Å². The van der Waals surface area contributed by atoms with Gasteiger partial charge in [0, 0.05) is 10.8 Å². The molecule has 0 aliphatic heterocycles. The summed E-state index contributed by atoms with van der Waals surface area (Å²) in [5.41, 5.74) is 0.139. The first-order chi connectivity index (χ1) is 11.5. The second-order valence-corrected chi connectivity index (χ2v) is 5.53. The molecule has 0 N–H and O–H groups in total. The first kappa shape index (κ1) is 14.8. The van der Waals surface area contributed by atoms with Gasteiger partial charge in [0.15, 0.2) is 0 Å². The van der Waals surface area contributed by atoms with Crippen LogP contribution < -0.4 is 0 Å². The minimum absolute atomic E-state index is 0.208. The molecule has 0 saturated carbocycles. The minimum atomic E-state index is -4.57. The topological polar surface area (TPSA) is 4.93 Å². The van der Waals surface area contributed by atoms with Crippen molar-refractivity contribution in [2.24, 2.45) is 0 Å². The Kier molecular flexibility index (Phi) is 3.13. The zero-order chi connectivity index (χ0) is 16.9. The fourth-order valence-electron chi connectivity index (χ4n) is 3.11. The lowest BCUT2D eigenvalue weighted by Gasteiger charge is -2.15. The Morgan fingerprint density at radius 1 is 0.708 bits per heavy atom. The van der Waals surface area contributed by atoms with Crippen molar-refractivity contribution in [1.82, 2.24) is 4.57 Å². The molecular formula is C19H11F4N. The van der Waals surface area contributed by atoms with E-state index in [0.29, 0.717) is 11.0 Å². The van der Waals surface area contributed by atoms with Gasteiger partial charge in [0.2, 0.25) is 0 Å². The summed E-state index contributed by atoms with van der Waals surface area (Å²) in [6.45, 7) is 0. The fraction of sp³-hybridized carbons (Fsp3) is 0.0526. The van der Waals surface area contributed by atoms with Crippen LogP contribution in [0.3, 0.4) is 0 Å². The molecule has 0 aliphatic carbocycles. The molecule has 4 aromatic rings. The fourth-order valence-corrected chi connectivity index (χ4v) is 3.11. The number of aromatic nitrogens is 1. The third-order valence-corrected chi connectivity index (χ3v) is 4.09. The van der Waals surface area contributed by atoms with Crippen LogP contribution in [0.2, 0.25) is 0 Å². The third kappa shape index (κ3) is 2.16. The molecule has 0 spiro atoms. The van der Waals surface area contributed by atoms with Crippen molar-refractivity contribution in [3.8, 4) is 5.69 Å². The van der Waals surface area contributed by atoms with Crippen LogP contribution in [0.5, 0.6) is 0 Å². The molecule has 1 heterocycles. The number of hydrogen-bond acceptors (Lipinski definition) is 0. The van der Waals surface area contributed by atoms with Crippen LogP contribution in [0.1, 0.15) is 5.56 Å². The van der Waals surface area contributed by atoms with Gasteiger partial charge in [-0.15, -0.1) is 0 Å². The highest BCUT2D eigenvalue weighted by Gasteiger charge is 2.34. The van der Waals surface area contributed by atoms with Crippen molar-refractivity contribution in [2.45, 2.75) is 6.18 Å². The van der Waals surface area contributed by atoms with Gasteiger partial charge in [0.25, 0.3) is 0 Å². The van der Waals surface area contributed by atoms with Crippen molar-refractivity contribution in [3.63, 3.8) is 0 Å². The molecule has 0 aliphatic rings. The van der Waals surface area contributed by atoms with Crippen LogP contribution in [-0.4, -0.2) is 4.57 Å². The summed E-state index contributed by atoms with van der Waals surface area (Å²) >= 11 is 0. The monoisotopic (exact) mass is 329 g/mol. The Balaban J connectivity index is 2.20. The highest BCUT2D eigenvalue weighted by atomic mass is 19.4. The Labute approximate surface area is 134 Å². The van der Waals surface area contributed by atoms with Gasteiger partial charge in [0.1, 0.15) is 5.82 Å². The predicted molar refractivity (Wildman–Crippen MR) is 85.7 cm³/mol. The summed E-state index contributed by atoms with van der Waals surface area (Å²) in [5.74, 6) is -0.708. The van der Waals surface area contributed by atoms with E-state index in [9.17, 15) is 17.6 Å². The van der Waals surface area contributed by atoms with E-state index in [1.165, 1.54) is 4.57 Å². The van der Waals surface area contributed by atoms with Crippen LogP contribution in [0.4, 0.5) is 17.6 Å². The lowest BCUT2D eigenvalue weighted by atomic mass is 10.1. The van der Waals surface area contributed by atoms with Gasteiger partial charge in [-0.05, 0) is 30.3 Å². The highest BCUT2D eigenvalue weighted by molar-refractivity contribution is 6.09. The molecule has 0 amide bonds. The van der Waals surface area contributed by atoms with Crippen LogP contribution in [0, 0.1) is 5.82 Å². The molecule has 0 fully saturated rings. The molecule has 0 radical (unpaired) electrons. The second kappa shape index (κ2) is 5.09. The molecule has 120 valence electrons. The Morgan fingerprint density at radius 3 is 1.79 bits per heavy atom. The quantitative estimate of drug-likeness (QED) is 0.381. The number of fused-ring (bicyclic) bond motifs is 3. The molecule has 0 saturated heterocycles. The van der Waals surface area contributed by atoms with E-state index < -0.39 is 17.6 Å². The van der Waals surface area contributed by atoms with E-state index in [4.69, 9.17) is 0 Å². The Hall–Kier alpha value is -2.82. The molecule has 1 nitrogen and oxygen atoms in total. The highest BCUT2D eigenvalue weighted by Crippen LogP contribution is 2.38. The van der Waals surface area contributed by atoms with Crippen molar-refractivity contribution >= 4 is 21.8 Å². The minimum Gasteiger partial charge on any atom is -0.309 e. The number of rotatable bonds is 1. The predicted octanol–water partition coefficient (Wildman–Crippen LogP) is 5.94. The number of halogens is 4. The van der Waals surface area contributed by atoms with Crippen LogP contribution in [0.15, 0.2) is 66.7 Å². The van der Waals surface area contributed by atoms with Gasteiger partial charge in [-0.2, -0.15) is 13.2 Å². The van der Waals surface area contributed by atoms with E-state index in [-0.39, 0.29) is 5.69 Å². The number of alkyl halides is 3. The Bertz CT molecular complexity index is 1010. The van der Waals surface area contributed by atoms with E-state index in [1.54, 1.807) is 24.3 Å². The first-order valence-electron chi connectivity index (χ1n) is 7.32. The van der Waals surface area contributed by atoms with Crippen molar-refractivity contribution in [3.05, 3.63) is 78.1 Å². The third-order valence-electron chi connectivity index (χ3n) is 4.09. The maximum Gasteiger partial charge on any atom is 0.418 e. The van der Waals surface area contributed by atoms with Crippen LogP contribution in [-0.2, 0) is 6.18 Å². The molecule has 24 heavy (non-hydrogen) atoms. The standard InChI is InChI=1S/C19H11F4N/c20-12-9-10-15(19(21,22)23)18(11-12)24-16-7-3-1-5-13(16)14-6-2-4-8-17(14)24/h1-11H. The van der Waals surface area contributed by atoms with Crippen molar-refractivity contribution in [2.75, 3.05) is 0 Å². The average Bonchev–Trinajstić information content (AvgIpc) is 2.88. The van der Waals surface area contributed by atoms with Gasteiger partial charge in [-0.25, -0.2) is 4.39 Å². The van der Waals surface area contributed by atoms with Crippen LogP contribution in [0.25, 0.3) is 27.5 Å². The van der Waals surface area contributed by atoms with E-state index in [1.807, 2.05) is 24.3 Å². The smallest absolute Gasteiger partial charge is 0.309 e. The summed E-state index contributed by atoms with van der Waals surface area (Å²) in [5, 5.41) is 1.65. The molecule has 1 aromatic heterocycles. The molecule has 0 unspecified atom stereocenters. The van der Waals surface area contributed by atoms with Crippen molar-refractivity contribution < 1.29 is 17.6 Å². The summed E-state index contributed by atoms with van der Waals surface area (Å²) in [6, 6.07) is 16.9. The SMILES string of the molecule is Fc1ccc(C(F)(F)F)c(-n2c3ccccc3c3ccccc32)c1. The van der Waals surface area contributed by atoms with Gasteiger partial charge >= 0.3 is 6.18 Å². The number of benzene rings is 3. The van der Waals surface area contributed by atoms with E-state index >= 15 is 0 Å². The summed E-state index contributed by atoms with van der Waals surface area (Å²) < 4.78 is 55.5. The van der Waals surface area contributed by atoms with Crippen molar-refractivity contribution in [1.29, 1.82) is 0 Å². The zero-order valence-corrected chi connectivity index (χ0v) is 12.3. The number of para-hydroxylation sites is 2. The average molecular weight is 329 g/mol. The van der Waals surface area contributed by atoms with Gasteiger partial charge in [0.05, 0.1) is 22.3 Å².